The molecule has 0 heterocycles. The number of carbonyl (C=O) groups is 2. The maximum atomic E-state index is 13.8. The van der Waals surface area contributed by atoms with E-state index in [-0.39, 0.29) is 32.8 Å². The number of anilines is 1. The number of halogens is 3. The van der Waals surface area contributed by atoms with Crippen molar-refractivity contribution in [3.05, 3.63) is 51.8 Å². The second kappa shape index (κ2) is 8.04. The Morgan fingerprint density at radius 1 is 1.24 bits per heavy atom. The molecule has 0 unspecified atom stereocenters. The van der Waals surface area contributed by atoms with E-state index in [9.17, 15) is 14.0 Å². The predicted octanol–water partition coefficient (Wildman–Crippen LogP) is 3.26. The van der Waals surface area contributed by atoms with Crippen molar-refractivity contribution >= 4 is 40.7 Å². The summed E-state index contributed by atoms with van der Waals surface area (Å²) in [6.07, 6.45) is 0. The molecule has 0 radical (unpaired) electrons. The summed E-state index contributed by atoms with van der Waals surface area (Å²) in [6.45, 7) is -0.405. The van der Waals surface area contributed by atoms with Crippen molar-refractivity contribution in [2.75, 3.05) is 19.0 Å². The van der Waals surface area contributed by atoms with E-state index in [4.69, 9.17) is 38.4 Å². The van der Waals surface area contributed by atoms with Crippen LogP contribution in [0, 0.1) is 5.82 Å². The van der Waals surface area contributed by atoms with E-state index in [1.807, 2.05) is 0 Å². The molecule has 0 spiro atoms. The lowest BCUT2D eigenvalue weighted by Gasteiger charge is -2.13. The summed E-state index contributed by atoms with van der Waals surface area (Å²) in [5.74, 6) is -1.81. The molecular formula is C16H13Cl2FN2O4. The van der Waals surface area contributed by atoms with Crippen LogP contribution in [0.15, 0.2) is 30.3 Å². The zero-order chi connectivity index (χ0) is 18.6. The van der Waals surface area contributed by atoms with Crippen molar-refractivity contribution in [2.24, 2.45) is 5.73 Å². The minimum atomic E-state index is -0.696. The highest BCUT2D eigenvalue weighted by molar-refractivity contribution is 6.33. The van der Waals surface area contributed by atoms with Crippen LogP contribution in [0.4, 0.5) is 10.1 Å². The van der Waals surface area contributed by atoms with Crippen molar-refractivity contribution in [1.29, 1.82) is 0 Å². The molecule has 0 aliphatic rings. The molecule has 2 rings (SSSR count). The monoisotopic (exact) mass is 386 g/mol. The van der Waals surface area contributed by atoms with Crippen LogP contribution in [-0.2, 0) is 4.79 Å². The van der Waals surface area contributed by atoms with Gasteiger partial charge in [-0.2, -0.15) is 0 Å². The molecule has 0 saturated heterocycles. The number of carbonyl (C=O) groups excluding carboxylic acids is 2. The maximum absolute atomic E-state index is 13.8. The first-order valence-corrected chi connectivity index (χ1v) is 7.62. The van der Waals surface area contributed by atoms with Gasteiger partial charge in [-0.1, -0.05) is 23.2 Å². The topological polar surface area (TPSA) is 90.7 Å². The fourth-order valence-corrected chi connectivity index (χ4v) is 2.34. The van der Waals surface area contributed by atoms with Crippen molar-refractivity contribution < 1.29 is 23.5 Å². The highest BCUT2D eigenvalue weighted by Gasteiger charge is 2.17. The fourth-order valence-electron chi connectivity index (χ4n) is 1.92. The van der Waals surface area contributed by atoms with Gasteiger partial charge < -0.3 is 20.5 Å². The molecule has 0 aliphatic heterocycles. The third-order valence-corrected chi connectivity index (χ3v) is 3.55. The standard InChI is InChI=1S/C16H13Cl2FN2O4/c1-24-13-5-8(4-10(18)15(13)25-7-14(20)22)16(23)21-12-3-2-9(17)6-11(12)19/h2-6H,7H2,1H3,(H2,20,22)(H,21,23). The summed E-state index contributed by atoms with van der Waals surface area (Å²) in [5.41, 5.74) is 5.07. The fraction of sp³-hybridized carbons (Fsp3) is 0.125. The molecule has 0 aliphatic carbocycles. The summed E-state index contributed by atoms with van der Waals surface area (Å²) in [7, 11) is 1.34. The lowest BCUT2D eigenvalue weighted by Crippen LogP contribution is -2.20. The van der Waals surface area contributed by atoms with E-state index in [2.05, 4.69) is 5.32 Å². The lowest BCUT2D eigenvalue weighted by atomic mass is 10.1. The number of amides is 2. The van der Waals surface area contributed by atoms with Gasteiger partial charge in [-0.3, -0.25) is 9.59 Å². The third-order valence-electron chi connectivity index (χ3n) is 3.03. The number of nitrogens with two attached hydrogens (primary N) is 1. The van der Waals surface area contributed by atoms with Crippen molar-refractivity contribution in [2.45, 2.75) is 0 Å². The summed E-state index contributed by atoms with van der Waals surface area (Å²) in [5, 5.41) is 2.63. The van der Waals surface area contributed by atoms with Crippen LogP contribution in [0.5, 0.6) is 11.5 Å². The van der Waals surface area contributed by atoms with Crippen LogP contribution in [0.1, 0.15) is 10.4 Å². The van der Waals surface area contributed by atoms with E-state index in [0.29, 0.717) is 0 Å². The number of hydrogen-bond donors (Lipinski definition) is 2. The first-order chi connectivity index (χ1) is 11.8. The molecule has 9 heteroatoms. The summed E-state index contributed by atoms with van der Waals surface area (Å²) in [6, 6.07) is 6.48. The molecule has 25 heavy (non-hydrogen) atoms. The Morgan fingerprint density at radius 3 is 2.56 bits per heavy atom. The second-order valence-electron chi connectivity index (χ2n) is 4.82. The Morgan fingerprint density at radius 2 is 1.96 bits per heavy atom. The quantitative estimate of drug-likeness (QED) is 0.796. The van der Waals surface area contributed by atoms with Gasteiger partial charge in [-0.05, 0) is 30.3 Å². The molecule has 0 atom stereocenters. The highest BCUT2D eigenvalue weighted by Crippen LogP contribution is 2.36. The van der Waals surface area contributed by atoms with Crippen LogP contribution in [0.2, 0.25) is 10.0 Å². The zero-order valence-electron chi connectivity index (χ0n) is 12.9. The van der Waals surface area contributed by atoms with Gasteiger partial charge in [0.2, 0.25) is 0 Å². The Kier molecular flexibility index (Phi) is 6.06. The Labute approximate surface area is 152 Å². The van der Waals surface area contributed by atoms with Gasteiger partial charge in [0.1, 0.15) is 5.82 Å². The molecule has 0 bridgehead atoms. The van der Waals surface area contributed by atoms with Crippen LogP contribution in [-0.4, -0.2) is 25.5 Å². The smallest absolute Gasteiger partial charge is 0.255 e. The third kappa shape index (κ3) is 4.74. The van der Waals surface area contributed by atoms with Crippen LogP contribution >= 0.6 is 23.2 Å². The van der Waals surface area contributed by atoms with Crippen LogP contribution < -0.4 is 20.5 Å². The molecule has 0 fully saturated rings. The van der Waals surface area contributed by atoms with Gasteiger partial charge in [0.25, 0.3) is 11.8 Å². The van der Waals surface area contributed by atoms with Gasteiger partial charge in [0.15, 0.2) is 18.1 Å². The Balaban J connectivity index is 2.27. The molecule has 6 nitrogen and oxygen atoms in total. The van der Waals surface area contributed by atoms with E-state index < -0.39 is 24.2 Å². The molecule has 0 aromatic heterocycles. The van der Waals surface area contributed by atoms with Crippen molar-refractivity contribution in [3.8, 4) is 11.5 Å². The average molecular weight is 387 g/mol. The number of nitrogens with one attached hydrogen (secondary N) is 1. The van der Waals surface area contributed by atoms with Crippen LogP contribution in [0.25, 0.3) is 0 Å². The van der Waals surface area contributed by atoms with Crippen LogP contribution in [0.3, 0.4) is 0 Å². The van der Waals surface area contributed by atoms with E-state index in [1.54, 1.807) is 0 Å². The number of methoxy groups -OCH3 is 1. The highest BCUT2D eigenvalue weighted by atomic mass is 35.5. The largest absolute Gasteiger partial charge is 0.493 e. The number of rotatable bonds is 6. The number of hydrogen-bond acceptors (Lipinski definition) is 4. The van der Waals surface area contributed by atoms with E-state index >= 15 is 0 Å². The SMILES string of the molecule is COc1cc(C(=O)Nc2ccc(Cl)cc2F)cc(Cl)c1OCC(N)=O. The Hall–Kier alpha value is -2.51. The average Bonchev–Trinajstić information content (AvgIpc) is 2.55. The molecule has 132 valence electrons. The number of ether oxygens (including phenoxy) is 2. The van der Waals surface area contributed by atoms with Gasteiger partial charge in [-0.15, -0.1) is 0 Å². The minimum absolute atomic E-state index is 0.0299. The number of primary amides is 1. The first-order valence-electron chi connectivity index (χ1n) is 6.87. The predicted molar refractivity (Wildman–Crippen MR) is 92.1 cm³/mol. The van der Waals surface area contributed by atoms with Gasteiger partial charge in [-0.25, -0.2) is 4.39 Å². The second-order valence-corrected chi connectivity index (χ2v) is 5.67. The summed E-state index contributed by atoms with van der Waals surface area (Å²) >= 11 is 11.7. The van der Waals surface area contributed by atoms with Gasteiger partial charge in [0.05, 0.1) is 17.8 Å². The maximum Gasteiger partial charge on any atom is 0.255 e. The molecule has 2 aromatic rings. The zero-order valence-corrected chi connectivity index (χ0v) is 14.4. The van der Waals surface area contributed by atoms with E-state index in [0.717, 1.165) is 6.07 Å². The molecule has 2 amide bonds. The van der Waals surface area contributed by atoms with Gasteiger partial charge in [0, 0.05) is 10.6 Å². The van der Waals surface area contributed by atoms with Gasteiger partial charge >= 0.3 is 0 Å². The molecule has 2 aromatic carbocycles. The number of benzene rings is 2. The summed E-state index contributed by atoms with van der Waals surface area (Å²) < 4.78 is 24.1. The molecular weight excluding hydrogens is 374 g/mol. The molecule has 3 N–H and O–H groups in total. The van der Waals surface area contributed by atoms with E-state index in [1.165, 1.54) is 31.4 Å². The minimum Gasteiger partial charge on any atom is -0.493 e. The normalized spacial score (nSPS) is 10.2. The summed E-state index contributed by atoms with van der Waals surface area (Å²) in [4.78, 5) is 23.1. The molecule has 0 saturated carbocycles. The first kappa shape index (κ1) is 18.8. The Bertz CT molecular complexity index is 830. The van der Waals surface area contributed by atoms with Crippen molar-refractivity contribution in [3.63, 3.8) is 0 Å². The van der Waals surface area contributed by atoms with Crippen molar-refractivity contribution in [1.82, 2.24) is 0 Å². The lowest BCUT2D eigenvalue weighted by molar-refractivity contribution is -0.119.